The van der Waals surface area contributed by atoms with Crippen molar-refractivity contribution in [3.63, 3.8) is 0 Å². The molecule has 32 heavy (non-hydrogen) atoms. The van der Waals surface area contributed by atoms with E-state index in [1.807, 2.05) is 48.6 Å². The van der Waals surface area contributed by atoms with E-state index in [9.17, 15) is 4.79 Å². The standard InChI is InChI=1S/C24H23N7O/c1-4-23(32)30-9-7-29(8-10-30)22-6-5-18(13-25-22)21-11-19(20-14-26-28(3)15-20)16-31-24(21)17(2)12-27-31/h1,5-6,11-16H,7-10H2,2-3H3. The van der Waals surface area contributed by atoms with Gasteiger partial charge in [-0.25, -0.2) is 9.50 Å². The van der Waals surface area contributed by atoms with Gasteiger partial charge >= 0.3 is 0 Å². The average Bonchev–Trinajstić information content (AvgIpc) is 3.44. The molecule has 1 amide bonds. The number of amides is 1. The number of carbonyl (C=O) groups excluding carboxylic acids is 1. The van der Waals surface area contributed by atoms with Gasteiger partial charge in [0.2, 0.25) is 0 Å². The third kappa shape index (κ3) is 3.48. The quantitative estimate of drug-likeness (QED) is 0.472. The zero-order valence-corrected chi connectivity index (χ0v) is 18.1. The summed E-state index contributed by atoms with van der Waals surface area (Å²) in [5, 5.41) is 8.83. The van der Waals surface area contributed by atoms with Crippen LogP contribution in [-0.4, -0.2) is 61.4 Å². The monoisotopic (exact) mass is 425 g/mol. The molecule has 0 bridgehead atoms. The first kappa shape index (κ1) is 19.8. The van der Waals surface area contributed by atoms with Crippen LogP contribution in [-0.2, 0) is 11.8 Å². The van der Waals surface area contributed by atoms with Gasteiger partial charge in [-0.05, 0) is 36.6 Å². The van der Waals surface area contributed by atoms with Gasteiger partial charge in [0.05, 0.1) is 17.9 Å². The highest BCUT2D eigenvalue weighted by molar-refractivity contribution is 5.93. The zero-order chi connectivity index (χ0) is 22.2. The Bertz CT molecular complexity index is 1340. The van der Waals surface area contributed by atoms with Crippen LogP contribution < -0.4 is 4.90 Å². The van der Waals surface area contributed by atoms with Crippen molar-refractivity contribution in [1.29, 1.82) is 0 Å². The van der Waals surface area contributed by atoms with Crippen molar-refractivity contribution >= 4 is 17.2 Å². The van der Waals surface area contributed by atoms with Crippen molar-refractivity contribution in [3.8, 4) is 34.6 Å². The number of pyridine rings is 2. The van der Waals surface area contributed by atoms with E-state index in [0.717, 1.165) is 39.2 Å². The maximum absolute atomic E-state index is 11.7. The molecule has 8 heteroatoms. The van der Waals surface area contributed by atoms with Crippen LogP contribution in [0, 0.1) is 19.3 Å². The molecule has 0 spiro atoms. The first-order valence-corrected chi connectivity index (χ1v) is 10.5. The highest BCUT2D eigenvalue weighted by Crippen LogP contribution is 2.32. The third-order valence-corrected chi connectivity index (χ3v) is 5.91. The minimum atomic E-state index is -0.248. The summed E-state index contributed by atoms with van der Waals surface area (Å²) in [6, 6.07) is 6.30. The SMILES string of the molecule is C#CC(=O)N1CCN(c2ccc(-c3cc(-c4cnn(C)c4)cn4ncc(C)c34)cn2)CC1. The topological polar surface area (TPSA) is 71.6 Å². The molecule has 0 atom stereocenters. The van der Waals surface area contributed by atoms with Crippen LogP contribution in [0.1, 0.15) is 5.56 Å². The lowest BCUT2D eigenvalue weighted by Crippen LogP contribution is -2.48. The first-order chi connectivity index (χ1) is 15.5. The van der Waals surface area contributed by atoms with Crippen molar-refractivity contribution in [1.82, 2.24) is 29.3 Å². The molecule has 1 aliphatic heterocycles. The van der Waals surface area contributed by atoms with Crippen molar-refractivity contribution in [2.24, 2.45) is 7.05 Å². The van der Waals surface area contributed by atoms with Gasteiger partial charge in [0.1, 0.15) is 5.82 Å². The van der Waals surface area contributed by atoms with E-state index in [0.29, 0.717) is 26.2 Å². The molecule has 0 saturated carbocycles. The van der Waals surface area contributed by atoms with Gasteiger partial charge in [0, 0.05) is 74.1 Å². The van der Waals surface area contributed by atoms with E-state index >= 15 is 0 Å². The molecule has 0 radical (unpaired) electrons. The number of hydrogen-bond acceptors (Lipinski definition) is 5. The van der Waals surface area contributed by atoms with Gasteiger partial charge in [0.15, 0.2) is 0 Å². The Morgan fingerprint density at radius 3 is 2.47 bits per heavy atom. The fourth-order valence-electron chi connectivity index (χ4n) is 4.19. The molecule has 1 saturated heterocycles. The Hall–Kier alpha value is -4.12. The van der Waals surface area contributed by atoms with Gasteiger partial charge in [-0.2, -0.15) is 10.2 Å². The molecule has 0 unspecified atom stereocenters. The number of anilines is 1. The fourth-order valence-corrected chi connectivity index (χ4v) is 4.19. The smallest absolute Gasteiger partial charge is 0.298 e. The Balaban J connectivity index is 1.46. The van der Waals surface area contributed by atoms with Gasteiger partial charge in [-0.15, -0.1) is 6.42 Å². The predicted octanol–water partition coefficient (Wildman–Crippen LogP) is 2.39. The van der Waals surface area contributed by atoms with Crippen molar-refractivity contribution in [3.05, 3.63) is 54.7 Å². The van der Waals surface area contributed by atoms with Crippen LogP contribution in [0.3, 0.4) is 0 Å². The van der Waals surface area contributed by atoms with Crippen LogP contribution in [0.15, 0.2) is 49.2 Å². The number of hydrogen-bond donors (Lipinski definition) is 0. The molecule has 1 aliphatic rings. The molecule has 0 aromatic carbocycles. The van der Waals surface area contributed by atoms with Gasteiger partial charge in [-0.3, -0.25) is 9.48 Å². The molecule has 0 N–H and O–H groups in total. The van der Waals surface area contributed by atoms with Crippen molar-refractivity contribution in [2.75, 3.05) is 31.1 Å². The lowest BCUT2D eigenvalue weighted by molar-refractivity contribution is -0.125. The Kier molecular flexibility index (Phi) is 4.86. The Morgan fingerprint density at radius 2 is 1.81 bits per heavy atom. The molecule has 5 rings (SSSR count). The second-order valence-corrected chi connectivity index (χ2v) is 7.99. The number of piperazine rings is 1. The molecule has 1 fully saturated rings. The number of carbonyl (C=O) groups is 1. The summed E-state index contributed by atoms with van der Waals surface area (Å²) in [5.74, 6) is 2.84. The fraction of sp³-hybridized carbons (Fsp3) is 0.250. The first-order valence-electron chi connectivity index (χ1n) is 10.5. The molecular formula is C24H23N7O. The maximum atomic E-state index is 11.7. The number of fused-ring (bicyclic) bond motifs is 1. The molecule has 5 heterocycles. The van der Waals surface area contributed by atoms with E-state index in [1.54, 1.807) is 9.58 Å². The minimum Gasteiger partial charge on any atom is -0.353 e. The highest BCUT2D eigenvalue weighted by Gasteiger charge is 2.21. The van der Waals surface area contributed by atoms with Gasteiger partial charge < -0.3 is 9.80 Å². The molecule has 4 aromatic rings. The van der Waals surface area contributed by atoms with Gasteiger partial charge in [-0.1, -0.05) is 0 Å². The number of aryl methyl sites for hydroxylation is 2. The van der Waals surface area contributed by atoms with Crippen LogP contribution >= 0.6 is 0 Å². The summed E-state index contributed by atoms with van der Waals surface area (Å²) in [6.07, 6.45) is 14.9. The second kappa shape index (κ2) is 7.85. The molecule has 8 nitrogen and oxygen atoms in total. The van der Waals surface area contributed by atoms with Crippen LogP contribution in [0.5, 0.6) is 0 Å². The summed E-state index contributed by atoms with van der Waals surface area (Å²) in [5.41, 5.74) is 6.35. The number of aromatic nitrogens is 5. The highest BCUT2D eigenvalue weighted by atomic mass is 16.2. The van der Waals surface area contributed by atoms with Gasteiger partial charge in [0.25, 0.3) is 5.91 Å². The van der Waals surface area contributed by atoms with E-state index in [4.69, 9.17) is 11.4 Å². The van der Waals surface area contributed by atoms with Crippen LogP contribution in [0.25, 0.3) is 27.8 Å². The lowest BCUT2D eigenvalue weighted by atomic mass is 10.0. The number of rotatable bonds is 3. The second-order valence-electron chi connectivity index (χ2n) is 7.99. The van der Waals surface area contributed by atoms with Crippen molar-refractivity contribution in [2.45, 2.75) is 6.92 Å². The summed E-state index contributed by atoms with van der Waals surface area (Å²) >= 11 is 0. The van der Waals surface area contributed by atoms with Crippen LogP contribution in [0.4, 0.5) is 5.82 Å². The Morgan fingerprint density at radius 1 is 1.00 bits per heavy atom. The summed E-state index contributed by atoms with van der Waals surface area (Å²) in [7, 11) is 1.91. The Labute approximate surface area is 186 Å². The summed E-state index contributed by atoms with van der Waals surface area (Å²) < 4.78 is 3.71. The van der Waals surface area contributed by atoms with E-state index in [2.05, 4.69) is 40.1 Å². The minimum absolute atomic E-state index is 0.248. The van der Waals surface area contributed by atoms with E-state index in [1.165, 1.54) is 0 Å². The largest absolute Gasteiger partial charge is 0.353 e. The van der Waals surface area contributed by atoms with Crippen molar-refractivity contribution < 1.29 is 4.79 Å². The summed E-state index contributed by atoms with van der Waals surface area (Å²) in [4.78, 5) is 20.3. The number of terminal acetylenes is 1. The molecule has 0 aliphatic carbocycles. The average molecular weight is 425 g/mol. The van der Waals surface area contributed by atoms with E-state index in [-0.39, 0.29) is 5.91 Å². The molecule has 4 aromatic heterocycles. The van der Waals surface area contributed by atoms with E-state index < -0.39 is 0 Å². The maximum Gasteiger partial charge on any atom is 0.298 e. The normalized spacial score (nSPS) is 14.0. The zero-order valence-electron chi connectivity index (χ0n) is 18.1. The molecule has 160 valence electrons. The summed E-state index contributed by atoms with van der Waals surface area (Å²) in [6.45, 7) is 4.70. The van der Waals surface area contributed by atoms with Crippen LogP contribution in [0.2, 0.25) is 0 Å². The lowest BCUT2D eigenvalue weighted by Gasteiger charge is -2.34. The molecular weight excluding hydrogens is 402 g/mol. The predicted molar refractivity (Wildman–Crippen MR) is 123 cm³/mol. The number of nitrogens with zero attached hydrogens (tertiary/aromatic N) is 7. The third-order valence-electron chi connectivity index (χ3n) is 5.91.